The van der Waals surface area contributed by atoms with E-state index in [1.807, 2.05) is 30.3 Å². The molecule has 3 heteroatoms. The lowest BCUT2D eigenvalue weighted by Gasteiger charge is -2.31. The first-order valence-electron chi connectivity index (χ1n) is 7.47. The molecule has 0 saturated heterocycles. The summed E-state index contributed by atoms with van der Waals surface area (Å²) in [5.74, 6) is 0. The van der Waals surface area contributed by atoms with Gasteiger partial charge >= 0.3 is 0 Å². The molecule has 0 aromatic heterocycles. The molecule has 1 atom stereocenters. The van der Waals surface area contributed by atoms with Gasteiger partial charge in [-0.05, 0) is 45.8 Å². The second-order valence-electron chi connectivity index (χ2n) is 5.63. The number of hydrogen-bond donors (Lipinski definition) is 1. The fourth-order valence-electron chi connectivity index (χ4n) is 2.16. The zero-order chi connectivity index (χ0) is 15.0. The SMILES string of the molecule is CCCNC(C#N)(CCN(C)C(C)C)c1ccccc1. The Balaban J connectivity index is 2.92. The molecule has 0 aliphatic heterocycles. The van der Waals surface area contributed by atoms with Crippen LogP contribution >= 0.6 is 0 Å². The normalized spacial score (nSPS) is 14.2. The molecule has 0 fully saturated rings. The predicted octanol–water partition coefficient (Wildman–Crippen LogP) is 3.14. The summed E-state index contributed by atoms with van der Waals surface area (Å²) in [4.78, 5) is 2.28. The average Bonchev–Trinajstić information content (AvgIpc) is 2.48. The molecule has 0 bridgehead atoms. The summed E-state index contributed by atoms with van der Waals surface area (Å²) in [7, 11) is 2.11. The van der Waals surface area contributed by atoms with Gasteiger partial charge in [0.15, 0.2) is 0 Å². The van der Waals surface area contributed by atoms with Gasteiger partial charge in [-0.1, -0.05) is 37.3 Å². The maximum Gasteiger partial charge on any atom is 0.133 e. The van der Waals surface area contributed by atoms with E-state index in [0.29, 0.717) is 6.04 Å². The molecule has 110 valence electrons. The second kappa shape index (κ2) is 8.04. The lowest BCUT2D eigenvalue weighted by Crippen LogP contribution is -2.44. The van der Waals surface area contributed by atoms with Crippen LogP contribution in [0.3, 0.4) is 0 Å². The van der Waals surface area contributed by atoms with Crippen molar-refractivity contribution in [3.8, 4) is 6.07 Å². The standard InChI is InChI=1S/C17H27N3/c1-5-12-19-17(14-18,11-13-20(4)15(2)3)16-9-7-6-8-10-16/h6-10,15,19H,5,11-13H2,1-4H3. The number of nitriles is 1. The van der Waals surface area contributed by atoms with E-state index < -0.39 is 5.54 Å². The molecule has 1 aromatic rings. The highest BCUT2D eigenvalue weighted by atomic mass is 15.1. The number of nitrogens with one attached hydrogen (secondary N) is 1. The Morgan fingerprint density at radius 1 is 1.30 bits per heavy atom. The van der Waals surface area contributed by atoms with Crippen LogP contribution in [0.2, 0.25) is 0 Å². The van der Waals surface area contributed by atoms with Gasteiger partial charge in [0, 0.05) is 12.6 Å². The molecule has 1 N–H and O–H groups in total. The van der Waals surface area contributed by atoms with Crippen molar-refractivity contribution in [2.24, 2.45) is 0 Å². The summed E-state index contributed by atoms with van der Waals surface area (Å²) in [6.07, 6.45) is 1.82. The molecular formula is C17H27N3. The van der Waals surface area contributed by atoms with Crippen LogP contribution in [0.1, 0.15) is 39.2 Å². The number of rotatable bonds is 8. The van der Waals surface area contributed by atoms with Crippen LogP contribution in [0, 0.1) is 11.3 Å². The van der Waals surface area contributed by atoms with Crippen LogP contribution in [0.15, 0.2) is 30.3 Å². The lowest BCUT2D eigenvalue weighted by atomic mass is 9.87. The van der Waals surface area contributed by atoms with Crippen LogP contribution in [-0.2, 0) is 5.54 Å². The van der Waals surface area contributed by atoms with Crippen molar-refractivity contribution in [3.05, 3.63) is 35.9 Å². The van der Waals surface area contributed by atoms with E-state index in [9.17, 15) is 5.26 Å². The molecule has 0 aliphatic carbocycles. The van der Waals surface area contributed by atoms with Gasteiger partial charge in [-0.3, -0.25) is 5.32 Å². The van der Waals surface area contributed by atoms with Gasteiger partial charge in [0.05, 0.1) is 6.07 Å². The minimum absolute atomic E-state index is 0.494. The molecule has 1 rings (SSSR count). The van der Waals surface area contributed by atoms with E-state index >= 15 is 0 Å². The Labute approximate surface area is 123 Å². The van der Waals surface area contributed by atoms with E-state index in [-0.39, 0.29) is 0 Å². The molecule has 20 heavy (non-hydrogen) atoms. The summed E-state index contributed by atoms with van der Waals surface area (Å²) in [6, 6.07) is 13.1. The zero-order valence-electron chi connectivity index (χ0n) is 13.2. The van der Waals surface area contributed by atoms with E-state index in [4.69, 9.17) is 0 Å². The van der Waals surface area contributed by atoms with E-state index in [1.165, 1.54) is 0 Å². The largest absolute Gasteiger partial charge is 0.304 e. The minimum atomic E-state index is -0.583. The highest BCUT2D eigenvalue weighted by Crippen LogP contribution is 2.25. The van der Waals surface area contributed by atoms with Crippen LogP contribution in [0.5, 0.6) is 0 Å². The fraction of sp³-hybridized carbons (Fsp3) is 0.588. The lowest BCUT2D eigenvalue weighted by molar-refractivity contribution is 0.239. The second-order valence-corrected chi connectivity index (χ2v) is 5.63. The van der Waals surface area contributed by atoms with Gasteiger partial charge in [-0.25, -0.2) is 0 Å². The van der Waals surface area contributed by atoms with Crippen molar-refractivity contribution in [2.75, 3.05) is 20.1 Å². The van der Waals surface area contributed by atoms with Gasteiger partial charge in [-0.2, -0.15) is 5.26 Å². The van der Waals surface area contributed by atoms with Gasteiger partial charge in [0.25, 0.3) is 0 Å². The molecule has 0 heterocycles. The molecule has 0 saturated carbocycles. The third-order valence-corrected chi connectivity index (χ3v) is 3.86. The Bertz CT molecular complexity index is 422. The molecule has 1 unspecified atom stereocenters. The summed E-state index contributed by atoms with van der Waals surface area (Å²) < 4.78 is 0. The summed E-state index contributed by atoms with van der Waals surface area (Å²) in [5, 5.41) is 13.2. The van der Waals surface area contributed by atoms with Crippen molar-refractivity contribution in [1.82, 2.24) is 10.2 Å². The molecule has 0 spiro atoms. The van der Waals surface area contributed by atoms with Gasteiger partial charge < -0.3 is 4.90 Å². The molecule has 0 amide bonds. The van der Waals surface area contributed by atoms with E-state index in [1.54, 1.807) is 0 Å². The third-order valence-electron chi connectivity index (χ3n) is 3.86. The minimum Gasteiger partial charge on any atom is -0.304 e. The Morgan fingerprint density at radius 3 is 2.45 bits per heavy atom. The van der Waals surface area contributed by atoms with Crippen molar-refractivity contribution in [3.63, 3.8) is 0 Å². The first-order chi connectivity index (χ1) is 9.55. The number of nitrogens with zero attached hydrogens (tertiary/aromatic N) is 2. The third kappa shape index (κ3) is 4.33. The Morgan fingerprint density at radius 2 is 1.95 bits per heavy atom. The maximum absolute atomic E-state index is 9.78. The highest BCUT2D eigenvalue weighted by Gasteiger charge is 2.31. The Kier molecular flexibility index (Phi) is 6.70. The van der Waals surface area contributed by atoms with Crippen LogP contribution < -0.4 is 5.32 Å². The van der Waals surface area contributed by atoms with E-state index in [0.717, 1.165) is 31.5 Å². The van der Waals surface area contributed by atoms with Crippen LogP contribution in [-0.4, -0.2) is 31.1 Å². The van der Waals surface area contributed by atoms with Gasteiger partial charge in [0.2, 0.25) is 0 Å². The number of benzene rings is 1. The average molecular weight is 273 g/mol. The monoisotopic (exact) mass is 273 g/mol. The predicted molar refractivity (Wildman–Crippen MR) is 84.4 cm³/mol. The number of hydrogen-bond acceptors (Lipinski definition) is 3. The molecular weight excluding hydrogens is 246 g/mol. The zero-order valence-corrected chi connectivity index (χ0v) is 13.2. The van der Waals surface area contributed by atoms with Crippen LogP contribution in [0.4, 0.5) is 0 Å². The quantitative estimate of drug-likeness (QED) is 0.791. The molecule has 1 aromatic carbocycles. The van der Waals surface area contributed by atoms with Crippen LogP contribution in [0.25, 0.3) is 0 Å². The topological polar surface area (TPSA) is 39.1 Å². The van der Waals surface area contributed by atoms with Crippen molar-refractivity contribution in [2.45, 2.75) is 45.2 Å². The van der Waals surface area contributed by atoms with E-state index in [2.05, 4.69) is 44.1 Å². The summed E-state index contributed by atoms with van der Waals surface area (Å²) in [5.41, 5.74) is 0.480. The van der Waals surface area contributed by atoms with Crippen molar-refractivity contribution < 1.29 is 0 Å². The molecule has 0 radical (unpaired) electrons. The smallest absolute Gasteiger partial charge is 0.133 e. The Hall–Kier alpha value is -1.37. The molecule has 3 nitrogen and oxygen atoms in total. The van der Waals surface area contributed by atoms with Gasteiger partial charge in [0.1, 0.15) is 5.54 Å². The first kappa shape index (κ1) is 16.7. The first-order valence-corrected chi connectivity index (χ1v) is 7.47. The van der Waals surface area contributed by atoms with Crippen molar-refractivity contribution >= 4 is 0 Å². The van der Waals surface area contributed by atoms with Gasteiger partial charge in [-0.15, -0.1) is 0 Å². The summed E-state index contributed by atoms with van der Waals surface area (Å²) >= 11 is 0. The van der Waals surface area contributed by atoms with Crippen molar-refractivity contribution in [1.29, 1.82) is 5.26 Å². The maximum atomic E-state index is 9.78. The molecule has 0 aliphatic rings. The summed E-state index contributed by atoms with van der Waals surface area (Å²) in [6.45, 7) is 8.23. The fourth-order valence-corrected chi connectivity index (χ4v) is 2.16. The highest BCUT2D eigenvalue weighted by molar-refractivity contribution is 5.31.